The predicted octanol–water partition coefficient (Wildman–Crippen LogP) is -4.92. The summed E-state index contributed by atoms with van der Waals surface area (Å²) >= 11 is 0. The van der Waals surface area contributed by atoms with Crippen molar-refractivity contribution in [3.8, 4) is 0 Å². The topological polar surface area (TPSA) is 249 Å². The lowest BCUT2D eigenvalue weighted by Crippen LogP contribution is -2.60. The largest absolute Gasteiger partial charge is 0.481 e. The molecule has 0 aromatic carbocycles. The zero-order valence-electron chi connectivity index (χ0n) is 15.6. The van der Waals surface area contributed by atoms with E-state index >= 15 is 0 Å². The molecule has 0 aliphatic carbocycles. The van der Waals surface area contributed by atoms with Crippen LogP contribution in [0.4, 0.5) is 0 Å². The normalized spacial score (nSPS) is 15.9. The van der Waals surface area contributed by atoms with Crippen molar-refractivity contribution in [3.05, 3.63) is 0 Å². The van der Waals surface area contributed by atoms with Crippen LogP contribution in [0.15, 0.2) is 0 Å². The molecular formula is C15H26N4O10. The molecule has 5 unspecified atom stereocenters. The number of carboxylic acid groups (broad SMARTS) is 2. The van der Waals surface area contributed by atoms with Gasteiger partial charge >= 0.3 is 11.9 Å². The van der Waals surface area contributed by atoms with Gasteiger partial charge in [0.25, 0.3) is 0 Å². The fraction of sp³-hybridized carbons (Fsp3) is 0.667. The third-order valence-corrected chi connectivity index (χ3v) is 3.68. The number of aliphatic hydroxyl groups excluding tert-OH is 3. The number of carbonyl (C=O) groups is 5. The van der Waals surface area contributed by atoms with Crippen molar-refractivity contribution in [2.75, 3.05) is 13.2 Å². The Labute approximate surface area is 165 Å². The third kappa shape index (κ3) is 9.29. The number of hydrogen-bond acceptors (Lipinski definition) is 9. The van der Waals surface area contributed by atoms with E-state index in [0.717, 1.165) is 6.92 Å². The smallest absolute Gasteiger partial charge is 0.328 e. The van der Waals surface area contributed by atoms with Gasteiger partial charge in [-0.3, -0.25) is 19.2 Å². The molecule has 3 amide bonds. The van der Waals surface area contributed by atoms with Gasteiger partial charge in [-0.15, -0.1) is 0 Å². The maximum atomic E-state index is 12.2. The standard InChI is InChI=1S/C15H26N4O10/c1-6(22)11(14(27)18-9(5-21)15(28)29)19-13(26)8(4-20)17-12(25)7(16)2-3-10(23)24/h6-9,11,20-22H,2-5,16H2,1H3,(H,17,25)(H,18,27)(H,19,26)(H,23,24)(H,28,29). The van der Waals surface area contributed by atoms with Gasteiger partial charge in [-0.05, 0) is 13.3 Å². The zero-order valence-corrected chi connectivity index (χ0v) is 15.6. The molecule has 29 heavy (non-hydrogen) atoms. The molecule has 0 saturated heterocycles. The predicted molar refractivity (Wildman–Crippen MR) is 94.1 cm³/mol. The molecule has 5 atom stereocenters. The van der Waals surface area contributed by atoms with Gasteiger partial charge in [-0.25, -0.2) is 4.79 Å². The van der Waals surface area contributed by atoms with Gasteiger partial charge < -0.3 is 47.2 Å². The highest BCUT2D eigenvalue weighted by atomic mass is 16.4. The summed E-state index contributed by atoms with van der Waals surface area (Å²) in [5.41, 5.74) is 5.49. The first-order valence-corrected chi connectivity index (χ1v) is 8.45. The molecule has 0 aliphatic rings. The number of nitrogens with two attached hydrogens (primary N) is 1. The van der Waals surface area contributed by atoms with Crippen LogP contribution in [0.1, 0.15) is 19.8 Å². The molecule has 0 aromatic heterocycles. The van der Waals surface area contributed by atoms with Gasteiger partial charge in [0.1, 0.15) is 18.1 Å². The molecule has 0 spiro atoms. The Kier molecular flexibility index (Phi) is 11.4. The fourth-order valence-electron chi connectivity index (χ4n) is 1.99. The molecule has 14 heteroatoms. The number of amides is 3. The van der Waals surface area contributed by atoms with Gasteiger partial charge in [0.2, 0.25) is 17.7 Å². The second-order valence-corrected chi connectivity index (χ2v) is 6.09. The van der Waals surface area contributed by atoms with Crippen molar-refractivity contribution in [2.45, 2.75) is 50.0 Å². The number of carbonyl (C=O) groups excluding carboxylic acids is 3. The summed E-state index contributed by atoms with van der Waals surface area (Å²) in [4.78, 5) is 57.6. The molecule has 166 valence electrons. The van der Waals surface area contributed by atoms with E-state index in [-0.39, 0.29) is 6.42 Å². The van der Waals surface area contributed by atoms with Crippen molar-refractivity contribution >= 4 is 29.7 Å². The van der Waals surface area contributed by atoms with E-state index in [1.54, 1.807) is 0 Å². The average molecular weight is 422 g/mol. The number of rotatable bonds is 13. The lowest BCUT2D eigenvalue weighted by atomic mass is 10.1. The van der Waals surface area contributed by atoms with Gasteiger partial charge in [-0.1, -0.05) is 0 Å². The van der Waals surface area contributed by atoms with Crippen LogP contribution < -0.4 is 21.7 Å². The molecule has 0 heterocycles. The second kappa shape index (κ2) is 12.6. The molecule has 0 aliphatic heterocycles. The number of hydrogen-bond donors (Lipinski definition) is 9. The molecule has 0 bridgehead atoms. The highest BCUT2D eigenvalue weighted by molar-refractivity contribution is 5.94. The van der Waals surface area contributed by atoms with E-state index < -0.39 is 79.6 Å². The molecule has 0 saturated carbocycles. The van der Waals surface area contributed by atoms with Crippen molar-refractivity contribution in [1.29, 1.82) is 0 Å². The van der Waals surface area contributed by atoms with Crippen molar-refractivity contribution in [1.82, 2.24) is 16.0 Å². The van der Waals surface area contributed by atoms with E-state index in [4.69, 9.17) is 21.1 Å². The SMILES string of the molecule is CC(O)C(NC(=O)C(CO)NC(=O)C(N)CCC(=O)O)C(=O)NC(CO)C(=O)O. The highest BCUT2D eigenvalue weighted by Gasteiger charge is 2.32. The summed E-state index contributed by atoms with van der Waals surface area (Å²) in [5.74, 6) is -5.88. The van der Waals surface area contributed by atoms with E-state index in [9.17, 15) is 34.2 Å². The fourth-order valence-corrected chi connectivity index (χ4v) is 1.99. The Hall–Kier alpha value is -2.81. The lowest BCUT2D eigenvalue weighted by Gasteiger charge is -2.25. The van der Waals surface area contributed by atoms with Gasteiger partial charge in [0, 0.05) is 6.42 Å². The number of aliphatic hydroxyl groups is 3. The van der Waals surface area contributed by atoms with Crippen LogP contribution in [0.2, 0.25) is 0 Å². The van der Waals surface area contributed by atoms with Crippen molar-refractivity contribution < 1.29 is 49.5 Å². The van der Waals surface area contributed by atoms with Gasteiger partial charge in [-0.2, -0.15) is 0 Å². The summed E-state index contributed by atoms with van der Waals surface area (Å²) in [6.45, 7) is -0.732. The molecule has 10 N–H and O–H groups in total. The Morgan fingerprint density at radius 3 is 1.79 bits per heavy atom. The number of carboxylic acids is 2. The van der Waals surface area contributed by atoms with Crippen LogP contribution >= 0.6 is 0 Å². The van der Waals surface area contributed by atoms with E-state index in [2.05, 4.69) is 5.32 Å². The maximum absolute atomic E-state index is 12.2. The molecule has 0 rings (SSSR count). The van der Waals surface area contributed by atoms with Crippen LogP contribution in [-0.4, -0.2) is 98.7 Å². The number of nitrogens with one attached hydrogen (secondary N) is 3. The van der Waals surface area contributed by atoms with Crippen LogP contribution in [0, 0.1) is 0 Å². The Bertz CT molecular complexity index is 612. The van der Waals surface area contributed by atoms with E-state index in [1.807, 2.05) is 10.6 Å². The summed E-state index contributed by atoms with van der Waals surface area (Å²) in [6.07, 6.45) is -2.12. The Balaban J connectivity index is 5.04. The van der Waals surface area contributed by atoms with Crippen molar-refractivity contribution in [2.24, 2.45) is 5.73 Å². The first-order valence-electron chi connectivity index (χ1n) is 8.45. The summed E-state index contributed by atoms with van der Waals surface area (Å²) in [5, 5.41) is 51.4. The van der Waals surface area contributed by atoms with Crippen LogP contribution in [-0.2, 0) is 24.0 Å². The van der Waals surface area contributed by atoms with Gasteiger partial charge in [0.05, 0.1) is 25.4 Å². The third-order valence-electron chi connectivity index (χ3n) is 3.68. The molecule has 14 nitrogen and oxygen atoms in total. The minimum absolute atomic E-state index is 0.225. The first-order chi connectivity index (χ1) is 13.4. The van der Waals surface area contributed by atoms with Crippen LogP contribution in [0.3, 0.4) is 0 Å². The zero-order chi connectivity index (χ0) is 22.7. The quantitative estimate of drug-likeness (QED) is 0.136. The first kappa shape index (κ1) is 26.2. The Morgan fingerprint density at radius 1 is 0.862 bits per heavy atom. The summed E-state index contributed by atoms with van der Waals surface area (Å²) in [6, 6.07) is -6.20. The summed E-state index contributed by atoms with van der Waals surface area (Å²) < 4.78 is 0. The monoisotopic (exact) mass is 422 g/mol. The molecule has 0 aromatic rings. The average Bonchev–Trinajstić information content (AvgIpc) is 2.64. The minimum atomic E-state index is -1.68. The molecule has 0 fully saturated rings. The van der Waals surface area contributed by atoms with E-state index in [1.165, 1.54) is 0 Å². The maximum Gasteiger partial charge on any atom is 0.328 e. The van der Waals surface area contributed by atoms with Gasteiger partial charge in [0.15, 0.2) is 0 Å². The van der Waals surface area contributed by atoms with E-state index in [0.29, 0.717) is 0 Å². The Morgan fingerprint density at radius 2 is 1.38 bits per heavy atom. The van der Waals surface area contributed by atoms with Crippen LogP contribution in [0.25, 0.3) is 0 Å². The number of aliphatic carboxylic acids is 2. The summed E-state index contributed by atoms with van der Waals surface area (Å²) in [7, 11) is 0. The molecular weight excluding hydrogens is 396 g/mol. The highest BCUT2D eigenvalue weighted by Crippen LogP contribution is 1.99. The van der Waals surface area contributed by atoms with Crippen molar-refractivity contribution in [3.63, 3.8) is 0 Å². The van der Waals surface area contributed by atoms with Crippen LogP contribution in [0.5, 0.6) is 0 Å². The minimum Gasteiger partial charge on any atom is -0.481 e. The lowest BCUT2D eigenvalue weighted by molar-refractivity contribution is -0.144. The molecule has 0 radical (unpaired) electrons. The second-order valence-electron chi connectivity index (χ2n) is 6.09.